The molecule has 1 aromatic heterocycles. The molecule has 1 rings (SSSR count). The number of aromatic amines is 1. The van der Waals surface area contributed by atoms with Crippen LogP contribution >= 0.6 is 0 Å². The van der Waals surface area contributed by atoms with Crippen LogP contribution in [0.4, 0.5) is 0 Å². The fourth-order valence-corrected chi connectivity index (χ4v) is 3.26. The Morgan fingerprint density at radius 3 is 1.41 bits per heavy atom. The highest BCUT2D eigenvalue weighted by molar-refractivity contribution is 5.23. The highest BCUT2D eigenvalue weighted by Gasteiger charge is 2.03. The molecule has 0 aliphatic heterocycles. The predicted molar refractivity (Wildman–Crippen MR) is 99.6 cm³/mol. The fraction of sp³-hybridized carbons (Fsp3) is 0.810. The van der Waals surface area contributed by atoms with E-state index >= 15 is 0 Å². The highest BCUT2D eigenvalue weighted by atomic mass is 14.6. The van der Waals surface area contributed by atoms with Gasteiger partial charge in [-0.05, 0) is 36.8 Å². The molecule has 1 nitrogen and oxygen atoms in total. The second-order valence-electron chi connectivity index (χ2n) is 6.89. The zero-order valence-corrected chi connectivity index (χ0v) is 15.3. The van der Waals surface area contributed by atoms with Gasteiger partial charge in [0.25, 0.3) is 0 Å². The summed E-state index contributed by atoms with van der Waals surface area (Å²) in [6.45, 7) is 4.57. The Morgan fingerprint density at radius 2 is 0.909 bits per heavy atom. The molecule has 0 aromatic carbocycles. The molecule has 128 valence electrons. The Labute approximate surface area is 139 Å². The van der Waals surface area contributed by atoms with E-state index in [1.165, 1.54) is 96.3 Å². The Kier molecular flexibility index (Phi) is 12.2. The molecule has 0 bridgehead atoms. The average Bonchev–Trinajstić information content (AvgIpc) is 2.97. The second kappa shape index (κ2) is 13.9. The van der Waals surface area contributed by atoms with Gasteiger partial charge in [-0.1, -0.05) is 84.5 Å². The largest absolute Gasteiger partial charge is 0.367 e. The van der Waals surface area contributed by atoms with E-state index in [0.29, 0.717) is 0 Å². The van der Waals surface area contributed by atoms with Crippen LogP contribution in [0.25, 0.3) is 0 Å². The number of hydrogen-bond donors (Lipinski definition) is 1. The normalized spacial score (nSPS) is 11.2. The van der Waals surface area contributed by atoms with Crippen molar-refractivity contribution < 1.29 is 0 Å². The summed E-state index contributed by atoms with van der Waals surface area (Å²) in [5, 5.41) is 0. The molecule has 0 aliphatic carbocycles. The second-order valence-corrected chi connectivity index (χ2v) is 6.89. The van der Waals surface area contributed by atoms with Gasteiger partial charge in [0.15, 0.2) is 0 Å². The lowest BCUT2D eigenvalue weighted by atomic mass is 10.0. The summed E-state index contributed by atoms with van der Waals surface area (Å²) < 4.78 is 0. The van der Waals surface area contributed by atoms with E-state index < -0.39 is 0 Å². The SMILES string of the molecule is CCCCCCCCCCCCc1c[nH]cc1CCCCC. The Hall–Kier alpha value is -0.720. The van der Waals surface area contributed by atoms with E-state index in [9.17, 15) is 0 Å². The van der Waals surface area contributed by atoms with Gasteiger partial charge in [0.05, 0.1) is 0 Å². The summed E-state index contributed by atoms with van der Waals surface area (Å²) in [6.07, 6.45) is 25.3. The van der Waals surface area contributed by atoms with Crippen LogP contribution in [-0.2, 0) is 12.8 Å². The van der Waals surface area contributed by atoms with Crippen molar-refractivity contribution in [2.45, 2.75) is 110 Å². The van der Waals surface area contributed by atoms with Crippen molar-refractivity contribution >= 4 is 0 Å². The van der Waals surface area contributed by atoms with Crippen LogP contribution < -0.4 is 0 Å². The summed E-state index contributed by atoms with van der Waals surface area (Å²) >= 11 is 0. The molecule has 0 unspecified atom stereocenters. The topological polar surface area (TPSA) is 15.8 Å². The molecule has 1 heteroatoms. The molecule has 0 spiro atoms. The summed E-state index contributed by atoms with van der Waals surface area (Å²) in [7, 11) is 0. The Morgan fingerprint density at radius 1 is 0.545 bits per heavy atom. The van der Waals surface area contributed by atoms with Gasteiger partial charge in [-0.3, -0.25) is 0 Å². The van der Waals surface area contributed by atoms with Crippen LogP contribution in [0.1, 0.15) is 108 Å². The van der Waals surface area contributed by atoms with Gasteiger partial charge < -0.3 is 4.98 Å². The fourth-order valence-electron chi connectivity index (χ4n) is 3.26. The zero-order chi connectivity index (χ0) is 15.9. The maximum atomic E-state index is 3.31. The molecule has 0 saturated heterocycles. The third-order valence-electron chi connectivity index (χ3n) is 4.78. The molecule has 1 heterocycles. The minimum atomic E-state index is 1.27. The van der Waals surface area contributed by atoms with Gasteiger partial charge in [0.2, 0.25) is 0 Å². The van der Waals surface area contributed by atoms with Crippen molar-refractivity contribution in [3.8, 4) is 0 Å². The molecule has 1 aromatic rings. The van der Waals surface area contributed by atoms with Gasteiger partial charge in [0, 0.05) is 12.4 Å². The van der Waals surface area contributed by atoms with Gasteiger partial charge in [-0.15, -0.1) is 0 Å². The lowest BCUT2D eigenvalue weighted by Gasteiger charge is -2.05. The number of unbranched alkanes of at least 4 members (excludes halogenated alkanes) is 11. The summed E-state index contributed by atoms with van der Waals surface area (Å²) in [5.41, 5.74) is 3.15. The highest BCUT2D eigenvalue weighted by Crippen LogP contribution is 2.16. The van der Waals surface area contributed by atoms with Crippen molar-refractivity contribution in [3.63, 3.8) is 0 Å². The molecular weight excluding hydrogens is 266 g/mol. The first kappa shape index (κ1) is 19.3. The standard InChI is InChI=1S/C21H39N/c1-3-5-7-8-9-10-11-12-13-15-17-21-19-22-18-20(21)16-14-6-4-2/h18-19,22H,3-17H2,1-2H3. The molecule has 0 aliphatic rings. The molecule has 0 amide bonds. The van der Waals surface area contributed by atoms with Gasteiger partial charge in [-0.2, -0.15) is 0 Å². The molecule has 0 fully saturated rings. The molecule has 0 atom stereocenters. The maximum Gasteiger partial charge on any atom is 0.00401 e. The summed E-state index contributed by atoms with van der Waals surface area (Å²) in [4.78, 5) is 3.31. The lowest BCUT2D eigenvalue weighted by Crippen LogP contribution is -1.91. The smallest absolute Gasteiger partial charge is 0.00401 e. The van der Waals surface area contributed by atoms with Gasteiger partial charge in [0.1, 0.15) is 0 Å². The van der Waals surface area contributed by atoms with Crippen molar-refractivity contribution in [1.82, 2.24) is 4.98 Å². The molecule has 0 radical (unpaired) electrons. The third kappa shape index (κ3) is 9.33. The number of rotatable bonds is 15. The van der Waals surface area contributed by atoms with E-state index in [4.69, 9.17) is 0 Å². The first-order valence-electron chi connectivity index (χ1n) is 10.0. The number of aryl methyl sites for hydroxylation is 2. The Balaban J connectivity index is 1.97. The van der Waals surface area contributed by atoms with Gasteiger partial charge >= 0.3 is 0 Å². The van der Waals surface area contributed by atoms with E-state index in [2.05, 4.69) is 31.2 Å². The van der Waals surface area contributed by atoms with Gasteiger partial charge in [-0.25, -0.2) is 0 Å². The Bertz CT molecular complexity index is 339. The monoisotopic (exact) mass is 305 g/mol. The first-order chi connectivity index (χ1) is 10.9. The zero-order valence-electron chi connectivity index (χ0n) is 15.3. The van der Waals surface area contributed by atoms with E-state index in [-0.39, 0.29) is 0 Å². The predicted octanol–water partition coefficient (Wildman–Crippen LogP) is 7.21. The third-order valence-corrected chi connectivity index (χ3v) is 4.78. The summed E-state index contributed by atoms with van der Waals surface area (Å²) in [6, 6.07) is 0. The average molecular weight is 306 g/mol. The van der Waals surface area contributed by atoms with Crippen LogP contribution in [0, 0.1) is 0 Å². The summed E-state index contributed by atoms with van der Waals surface area (Å²) in [5.74, 6) is 0. The van der Waals surface area contributed by atoms with Crippen molar-refractivity contribution in [1.29, 1.82) is 0 Å². The number of aromatic nitrogens is 1. The molecule has 0 saturated carbocycles. The van der Waals surface area contributed by atoms with Crippen molar-refractivity contribution in [3.05, 3.63) is 23.5 Å². The first-order valence-corrected chi connectivity index (χ1v) is 10.0. The van der Waals surface area contributed by atoms with Crippen LogP contribution in [0.3, 0.4) is 0 Å². The minimum Gasteiger partial charge on any atom is -0.367 e. The van der Waals surface area contributed by atoms with Crippen LogP contribution in [0.15, 0.2) is 12.4 Å². The molecule has 22 heavy (non-hydrogen) atoms. The number of nitrogens with one attached hydrogen (secondary N) is 1. The van der Waals surface area contributed by atoms with Crippen molar-refractivity contribution in [2.75, 3.05) is 0 Å². The van der Waals surface area contributed by atoms with Crippen LogP contribution in [0.2, 0.25) is 0 Å². The quantitative estimate of drug-likeness (QED) is 0.329. The minimum absolute atomic E-state index is 1.27. The maximum absolute atomic E-state index is 3.31. The van der Waals surface area contributed by atoms with E-state index in [0.717, 1.165) is 0 Å². The van der Waals surface area contributed by atoms with Crippen LogP contribution in [0.5, 0.6) is 0 Å². The molecule has 1 N–H and O–H groups in total. The van der Waals surface area contributed by atoms with E-state index in [1.807, 2.05) is 0 Å². The van der Waals surface area contributed by atoms with Crippen molar-refractivity contribution in [2.24, 2.45) is 0 Å². The molecular formula is C21H39N. The number of H-pyrrole nitrogens is 1. The van der Waals surface area contributed by atoms with E-state index in [1.54, 1.807) is 11.1 Å². The lowest BCUT2D eigenvalue weighted by molar-refractivity contribution is 0.556. The number of hydrogen-bond acceptors (Lipinski definition) is 0. The van der Waals surface area contributed by atoms with Crippen LogP contribution in [-0.4, -0.2) is 4.98 Å².